The lowest BCUT2D eigenvalue weighted by Gasteiger charge is -2.59. The maximum atomic E-state index is 14.1. The van der Waals surface area contributed by atoms with Gasteiger partial charge in [0.1, 0.15) is 29.0 Å². The molecule has 8 atom stereocenters. The summed E-state index contributed by atoms with van der Waals surface area (Å²) in [6, 6.07) is 4.34. The fourth-order valence-corrected chi connectivity index (χ4v) is 11.6. The van der Waals surface area contributed by atoms with Crippen molar-refractivity contribution in [2.24, 2.45) is 39.4 Å². The van der Waals surface area contributed by atoms with E-state index in [4.69, 9.17) is 4.74 Å². The molecule has 7 nitrogen and oxygen atoms in total. The van der Waals surface area contributed by atoms with Gasteiger partial charge in [0.2, 0.25) is 0 Å². The zero-order chi connectivity index (χ0) is 42.8. The summed E-state index contributed by atoms with van der Waals surface area (Å²) in [5, 5.41) is 42.3. The highest BCUT2D eigenvalue weighted by atomic mass is 16.6. The third kappa shape index (κ3) is 9.01. The van der Waals surface area contributed by atoms with Crippen molar-refractivity contribution < 1.29 is 34.8 Å². The molecule has 1 aromatic carbocycles. The van der Waals surface area contributed by atoms with Crippen molar-refractivity contribution in [2.45, 2.75) is 164 Å². The Balaban J connectivity index is 1.32. The quantitative estimate of drug-likeness (QED) is 0.0568. The number of aliphatic hydroxyl groups is 2. The Morgan fingerprint density at radius 3 is 2.36 bits per heavy atom. The third-order valence-electron chi connectivity index (χ3n) is 15.8. The summed E-state index contributed by atoms with van der Waals surface area (Å²) in [6.45, 7) is 21.2. The van der Waals surface area contributed by atoms with Crippen LogP contribution in [0.3, 0.4) is 0 Å². The van der Waals surface area contributed by atoms with Crippen LogP contribution < -0.4 is 0 Å². The minimum atomic E-state index is -1.64. The van der Waals surface area contributed by atoms with Crippen LogP contribution in [-0.4, -0.2) is 50.5 Å². The number of aromatic hydroxyl groups is 2. The molecule has 4 aliphatic rings. The Morgan fingerprint density at radius 2 is 1.67 bits per heavy atom. The number of phenolic OH excluding ortho intramolecular Hbond substituents is 2. The molecule has 0 spiro atoms. The smallest absolute Gasteiger partial charge is 0.334 e. The van der Waals surface area contributed by atoms with E-state index < -0.39 is 24.3 Å². The van der Waals surface area contributed by atoms with Crippen LogP contribution in [0.1, 0.15) is 152 Å². The Kier molecular flexibility index (Phi) is 13.9. The lowest BCUT2D eigenvalue weighted by molar-refractivity contribution is -0.165. The average molecular weight is 799 g/mol. The van der Waals surface area contributed by atoms with E-state index >= 15 is 0 Å². The van der Waals surface area contributed by atoms with Crippen molar-refractivity contribution in [1.82, 2.24) is 0 Å². The molecule has 2 saturated carbocycles. The molecule has 0 aliphatic heterocycles. The van der Waals surface area contributed by atoms with Crippen LogP contribution in [-0.2, 0) is 20.7 Å². The summed E-state index contributed by atoms with van der Waals surface area (Å²) in [5.74, 6) is 0.910. The van der Waals surface area contributed by atoms with Gasteiger partial charge in [0.25, 0.3) is 0 Å². The van der Waals surface area contributed by atoms with E-state index in [1.807, 2.05) is 0 Å². The second-order valence-corrected chi connectivity index (χ2v) is 20.3. The molecule has 7 heteroatoms. The van der Waals surface area contributed by atoms with Crippen molar-refractivity contribution in [3.05, 3.63) is 82.0 Å². The number of rotatable bonds is 16. The van der Waals surface area contributed by atoms with Gasteiger partial charge in [-0.2, -0.15) is 0 Å². The number of fused-ring (bicyclic) bond motifs is 5. The van der Waals surface area contributed by atoms with Crippen LogP contribution in [0.4, 0.5) is 0 Å². The predicted molar refractivity (Wildman–Crippen MR) is 233 cm³/mol. The van der Waals surface area contributed by atoms with Gasteiger partial charge < -0.3 is 25.2 Å². The third-order valence-corrected chi connectivity index (χ3v) is 15.8. The maximum Gasteiger partial charge on any atom is 0.334 e. The number of phenols is 2. The summed E-state index contributed by atoms with van der Waals surface area (Å²) in [4.78, 5) is 27.1. The Morgan fingerprint density at radius 1 is 0.966 bits per heavy atom. The molecule has 320 valence electrons. The number of ketones is 1. The molecule has 0 heterocycles. The number of Topliss-reactive ketones (excluding diaryl/α,β-unsaturated/α-hetero) is 1. The van der Waals surface area contributed by atoms with Gasteiger partial charge in [0.15, 0.2) is 0 Å². The number of allylic oxidation sites excluding steroid dienone is 9. The first-order valence-electron chi connectivity index (χ1n) is 22.1. The van der Waals surface area contributed by atoms with Crippen LogP contribution in [0.15, 0.2) is 76.4 Å². The van der Waals surface area contributed by atoms with E-state index in [1.165, 1.54) is 47.4 Å². The zero-order valence-corrected chi connectivity index (χ0v) is 37.3. The normalized spacial score (nSPS) is 30.2. The monoisotopic (exact) mass is 799 g/mol. The number of ether oxygens (including phenoxy) is 1. The Hall–Kier alpha value is -3.42. The second kappa shape index (κ2) is 17.7. The van der Waals surface area contributed by atoms with Crippen molar-refractivity contribution >= 4 is 11.8 Å². The summed E-state index contributed by atoms with van der Waals surface area (Å²) in [6.07, 6.45) is 20.1. The number of hydrogen-bond donors (Lipinski definition) is 4. The van der Waals surface area contributed by atoms with E-state index in [2.05, 4.69) is 86.6 Å². The molecule has 0 bridgehead atoms. The van der Waals surface area contributed by atoms with Gasteiger partial charge in [-0.3, -0.25) is 4.79 Å². The minimum absolute atomic E-state index is 0.000385. The van der Waals surface area contributed by atoms with Crippen molar-refractivity contribution in [3.63, 3.8) is 0 Å². The highest BCUT2D eigenvalue weighted by Gasteiger charge is 2.63. The molecule has 0 radical (unpaired) electrons. The van der Waals surface area contributed by atoms with E-state index in [1.54, 1.807) is 6.08 Å². The number of hydrogen-bond acceptors (Lipinski definition) is 7. The van der Waals surface area contributed by atoms with Crippen molar-refractivity contribution in [1.29, 1.82) is 0 Å². The molecule has 58 heavy (non-hydrogen) atoms. The average Bonchev–Trinajstić information content (AvgIpc) is 3.44. The lowest BCUT2D eigenvalue weighted by atomic mass is 9.44. The van der Waals surface area contributed by atoms with E-state index in [0.717, 1.165) is 51.4 Å². The molecule has 0 amide bonds. The van der Waals surface area contributed by atoms with Crippen LogP contribution in [0.2, 0.25) is 0 Å². The van der Waals surface area contributed by atoms with E-state index in [-0.39, 0.29) is 45.5 Å². The van der Waals surface area contributed by atoms with Crippen LogP contribution in [0.5, 0.6) is 11.5 Å². The lowest BCUT2D eigenvalue weighted by Crippen LogP contribution is -2.53. The molecule has 2 fully saturated rings. The first-order valence-corrected chi connectivity index (χ1v) is 22.1. The predicted octanol–water partition coefficient (Wildman–Crippen LogP) is 11.2. The van der Waals surface area contributed by atoms with Crippen molar-refractivity contribution in [3.8, 4) is 11.5 Å². The summed E-state index contributed by atoms with van der Waals surface area (Å²) in [7, 11) is 0. The molecule has 0 saturated heterocycles. The van der Waals surface area contributed by atoms with Crippen LogP contribution in [0, 0.1) is 39.4 Å². The fraction of sp³-hybridized carbons (Fsp3) is 0.647. The summed E-state index contributed by atoms with van der Waals surface area (Å²) < 4.78 is 6.18. The van der Waals surface area contributed by atoms with Crippen LogP contribution >= 0.6 is 0 Å². The van der Waals surface area contributed by atoms with Gasteiger partial charge in [-0.15, -0.1) is 0 Å². The Labute approximate surface area is 349 Å². The Bertz CT molecular complexity index is 1850. The highest BCUT2D eigenvalue weighted by molar-refractivity contribution is 5.88. The molecule has 0 aromatic heterocycles. The molecular weight excluding hydrogens is 725 g/mol. The van der Waals surface area contributed by atoms with E-state index in [9.17, 15) is 30.0 Å². The standard InChI is InChI=1S/C51H74O7/c1-33(2)13-11-14-34(3)15-12-16-36(18-19-37-31-38(53)20-22-42(37)54)46(56)58-45(51(10,57)32-52)24-17-35(4)39-25-29-50(9)41-21-23-43-47(5,6)44(55)27-28-48(43,7)40(41)26-30-49(39,50)8/h13,15,18,20-22,26,31,35,39,43,45,52-54,57H,11-12,14,16-17,19,23-25,27-30,32H2,1-10H3/b34-15+,36-18?/t35-,39-,43+,45+,48-,49-,50+,51-/m1/s1. The maximum absolute atomic E-state index is 14.1. The second-order valence-electron chi connectivity index (χ2n) is 20.3. The highest BCUT2D eigenvalue weighted by Crippen LogP contribution is 2.71. The number of esters is 1. The molecular formula is C51H74O7. The van der Waals surface area contributed by atoms with Gasteiger partial charge >= 0.3 is 5.97 Å². The number of benzene rings is 1. The fourth-order valence-electron chi connectivity index (χ4n) is 11.6. The van der Waals surface area contributed by atoms with Gasteiger partial charge in [0, 0.05) is 23.0 Å². The van der Waals surface area contributed by atoms with Gasteiger partial charge in [0.05, 0.1) is 6.61 Å². The van der Waals surface area contributed by atoms with Gasteiger partial charge in [-0.25, -0.2) is 4.79 Å². The molecule has 0 unspecified atom stereocenters. The molecule has 4 aliphatic carbocycles. The number of aliphatic hydroxyl groups excluding tert-OH is 1. The number of carbonyl (C=O) groups is 2. The summed E-state index contributed by atoms with van der Waals surface area (Å²) in [5.41, 5.74) is 4.50. The number of carbonyl (C=O) groups excluding carboxylic acids is 2. The van der Waals surface area contributed by atoms with Crippen molar-refractivity contribution in [2.75, 3.05) is 6.61 Å². The first-order chi connectivity index (χ1) is 27.1. The summed E-state index contributed by atoms with van der Waals surface area (Å²) >= 11 is 0. The molecule has 4 N–H and O–H groups in total. The van der Waals surface area contributed by atoms with Gasteiger partial charge in [-0.05, 0) is 168 Å². The minimum Gasteiger partial charge on any atom is -0.508 e. The van der Waals surface area contributed by atoms with Crippen LogP contribution in [0.25, 0.3) is 0 Å². The molecule has 1 aromatic rings. The first kappa shape index (κ1) is 45.7. The molecule has 5 rings (SSSR count). The van der Waals surface area contributed by atoms with E-state index in [0.29, 0.717) is 54.4 Å². The largest absolute Gasteiger partial charge is 0.508 e. The SMILES string of the molecule is CC(C)=CCC/C(C)=C/CCC(=CCc1cc(O)ccc1O)C(=O)O[C@@H](CC[C@@H](C)[C@H]1CC[C@@]2(C)C3=CC[C@H]4C(C)(C)C(=O)CC[C@]4(C)C3=CC[C@]12C)[C@](C)(O)CO. The zero-order valence-electron chi connectivity index (χ0n) is 37.3. The van der Waals surface area contributed by atoms with Gasteiger partial charge in [-0.1, -0.05) is 83.1 Å². The topological polar surface area (TPSA) is 124 Å².